The van der Waals surface area contributed by atoms with Crippen LogP contribution in [-0.4, -0.2) is 0 Å². The first-order valence-corrected chi connectivity index (χ1v) is 14.1. The molecule has 0 aliphatic carbocycles. The monoisotopic (exact) mass is 572 g/mol. The highest BCUT2D eigenvalue weighted by Gasteiger charge is 2.12. The molecule has 0 aliphatic heterocycles. The summed E-state index contributed by atoms with van der Waals surface area (Å²) in [5, 5.41) is 0. The number of rotatable bonds is 6. The van der Waals surface area contributed by atoms with Gasteiger partial charge >= 0.3 is 0 Å². The molecule has 212 valence electrons. The van der Waals surface area contributed by atoms with Gasteiger partial charge in [0.05, 0.1) is 0 Å². The zero-order chi connectivity index (χ0) is 30.1. The first-order chi connectivity index (χ1) is 20.7. The van der Waals surface area contributed by atoms with Gasteiger partial charge in [-0.05, 0) is 112 Å². The van der Waals surface area contributed by atoms with E-state index < -0.39 is 0 Å². The second-order valence-electron chi connectivity index (χ2n) is 10.9. The maximum atomic E-state index is 15.0. The minimum absolute atomic E-state index is 0.354. The van der Waals surface area contributed by atoms with Crippen LogP contribution in [0.25, 0.3) is 44.5 Å². The van der Waals surface area contributed by atoms with Crippen LogP contribution in [0.15, 0.2) is 121 Å². The molecule has 0 nitrogen and oxygen atoms in total. The fourth-order valence-electron chi connectivity index (χ4n) is 5.47. The summed E-state index contributed by atoms with van der Waals surface area (Å²) in [5.74, 6) is -1.42. The largest absolute Gasteiger partial charge is 0.207 e. The lowest BCUT2D eigenvalue weighted by molar-refractivity contribution is 0.626. The van der Waals surface area contributed by atoms with Crippen LogP contribution >= 0.6 is 0 Å². The smallest absolute Gasteiger partial charge is 0.131 e. The molecule has 0 N–H and O–H groups in total. The van der Waals surface area contributed by atoms with Crippen LogP contribution in [0.2, 0.25) is 0 Å². The van der Waals surface area contributed by atoms with Gasteiger partial charge in [-0.1, -0.05) is 84.9 Å². The van der Waals surface area contributed by atoms with Gasteiger partial charge in [-0.15, -0.1) is 0 Å². The Morgan fingerprint density at radius 1 is 0.372 bits per heavy atom. The Labute approximate surface area is 248 Å². The van der Waals surface area contributed by atoms with Crippen molar-refractivity contribution in [2.75, 3.05) is 0 Å². The molecule has 43 heavy (non-hydrogen) atoms. The molecule has 0 bridgehead atoms. The third-order valence-electron chi connectivity index (χ3n) is 7.98. The van der Waals surface area contributed by atoms with Gasteiger partial charge < -0.3 is 0 Å². The van der Waals surface area contributed by atoms with Crippen LogP contribution in [0.1, 0.15) is 22.3 Å². The fraction of sp³-hybridized carbons (Fsp3) is 0.0769. The fourth-order valence-corrected chi connectivity index (χ4v) is 5.47. The summed E-state index contributed by atoms with van der Waals surface area (Å²) in [6.45, 7) is 4.11. The van der Waals surface area contributed by atoms with E-state index in [4.69, 9.17) is 0 Å². The summed E-state index contributed by atoms with van der Waals surface area (Å²) in [5.41, 5.74) is 10.0. The molecule has 6 aromatic carbocycles. The predicted octanol–water partition coefficient (Wildman–Crippen LogP) is 11.1. The molecule has 0 saturated heterocycles. The summed E-state index contributed by atoms with van der Waals surface area (Å²) in [6.07, 6.45) is 0.730. The lowest BCUT2D eigenvalue weighted by atomic mass is 9.92. The van der Waals surface area contributed by atoms with Crippen LogP contribution in [0.4, 0.5) is 17.6 Å². The number of benzene rings is 6. The van der Waals surface area contributed by atoms with Crippen LogP contribution in [-0.2, 0) is 6.42 Å². The summed E-state index contributed by atoms with van der Waals surface area (Å²) in [6, 6.07) is 34.2. The standard InChI is InChI=1S/C39H28F4/c1-24-19-30(32-11-17-36(38(42)22-32)26-7-13-34(40)14-8-26)5-3-28(24)21-29-4-6-31(20-25(29)2)33-12-18-37(39(43)23-33)27-9-15-35(41)16-10-27/h3-20,22-23H,21H2,1-2H3. The molecule has 6 rings (SSSR count). The molecule has 0 unspecified atom stereocenters. The molecule has 0 amide bonds. The molecule has 0 radical (unpaired) electrons. The molecule has 0 aliphatic rings. The molecule has 0 saturated carbocycles. The van der Waals surface area contributed by atoms with E-state index >= 15 is 0 Å². The Kier molecular flexibility index (Phi) is 7.69. The molecule has 0 fully saturated rings. The summed E-state index contributed by atoms with van der Waals surface area (Å²) in [7, 11) is 0. The van der Waals surface area contributed by atoms with Crippen molar-refractivity contribution >= 4 is 0 Å². The number of aryl methyl sites for hydroxylation is 2. The minimum Gasteiger partial charge on any atom is -0.207 e. The van der Waals surface area contributed by atoms with Crippen molar-refractivity contribution < 1.29 is 17.6 Å². The van der Waals surface area contributed by atoms with E-state index in [2.05, 4.69) is 38.1 Å². The zero-order valence-electron chi connectivity index (χ0n) is 23.8. The van der Waals surface area contributed by atoms with Crippen LogP contribution in [0, 0.1) is 37.1 Å². The van der Waals surface area contributed by atoms with Gasteiger partial charge in [-0.25, -0.2) is 17.6 Å². The molecule has 0 aromatic heterocycles. The average molecular weight is 573 g/mol. The van der Waals surface area contributed by atoms with E-state index in [0.717, 1.165) is 50.9 Å². The highest BCUT2D eigenvalue weighted by atomic mass is 19.1. The van der Waals surface area contributed by atoms with Crippen LogP contribution in [0.3, 0.4) is 0 Å². The second kappa shape index (κ2) is 11.7. The van der Waals surface area contributed by atoms with Crippen molar-refractivity contribution in [3.8, 4) is 44.5 Å². The first-order valence-electron chi connectivity index (χ1n) is 14.1. The first kappa shape index (κ1) is 28.2. The highest BCUT2D eigenvalue weighted by Crippen LogP contribution is 2.32. The number of halogens is 4. The Morgan fingerprint density at radius 3 is 1.05 bits per heavy atom. The average Bonchev–Trinajstić information content (AvgIpc) is 3.00. The van der Waals surface area contributed by atoms with Gasteiger partial charge in [0.1, 0.15) is 23.3 Å². The van der Waals surface area contributed by atoms with Gasteiger partial charge in [0, 0.05) is 11.1 Å². The maximum Gasteiger partial charge on any atom is 0.131 e. The quantitative estimate of drug-likeness (QED) is 0.174. The maximum absolute atomic E-state index is 15.0. The Morgan fingerprint density at radius 2 is 0.698 bits per heavy atom. The van der Waals surface area contributed by atoms with Gasteiger partial charge in [-0.3, -0.25) is 0 Å². The number of hydrogen-bond acceptors (Lipinski definition) is 0. The Balaban J connectivity index is 1.19. The zero-order valence-corrected chi connectivity index (χ0v) is 23.8. The van der Waals surface area contributed by atoms with Crippen LogP contribution < -0.4 is 0 Å². The van der Waals surface area contributed by atoms with Gasteiger partial charge in [0.15, 0.2) is 0 Å². The highest BCUT2D eigenvalue weighted by molar-refractivity contribution is 5.73. The molecule has 0 atom stereocenters. The van der Waals surface area contributed by atoms with Crippen molar-refractivity contribution in [3.05, 3.63) is 167 Å². The van der Waals surface area contributed by atoms with Gasteiger partial charge in [0.2, 0.25) is 0 Å². The summed E-state index contributed by atoms with van der Waals surface area (Å²) >= 11 is 0. The second-order valence-corrected chi connectivity index (χ2v) is 10.9. The van der Waals surface area contributed by atoms with Gasteiger partial charge in [-0.2, -0.15) is 0 Å². The van der Waals surface area contributed by atoms with Crippen LogP contribution in [0.5, 0.6) is 0 Å². The summed E-state index contributed by atoms with van der Waals surface area (Å²) in [4.78, 5) is 0. The van der Waals surface area contributed by atoms with Crippen molar-refractivity contribution in [2.45, 2.75) is 20.3 Å². The third-order valence-corrected chi connectivity index (χ3v) is 7.98. The lowest BCUT2D eigenvalue weighted by Gasteiger charge is -2.13. The van der Waals surface area contributed by atoms with E-state index in [9.17, 15) is 17.6 Å². The molecule has 6 aromatic rings. The van der Waals surface area contributed by atoms with E-state index in [-0.39, 0.29) is 23.3 Å². The van der Waals surface area contributed by atoms with E-state index in [1.54, 1.807) is 36.4 Å². The molecule has 0 spiro atoms. The normalized spacial score (nSPS) is 11.1. The summed E-state index contributed by atoms with van der Waals surface area (Å²) < 4.78 is 56.5. The van der Waals surface area contributed by atoms with E-state index in [0.29, 0.717) is 22.3 Å². The third kappa shape index (κ3) is 6.00. The van der Waals surface area contributed by atoms with Crippen molar-refractivity contribution in [3.63, 3.8) is 0 Å². The van der Waals surface area contributed by atoms with E-state index in [1.807, 2.05) is 24.3 Å². The van der Waals surface area contributed by atoms with Gasteiger partial charge in [0.25, 0.3) is 0 Å². The van der Waals surface area contributed by atoms with Crippen molar-refractivity contribution in [1.29, 1.82) is 0 Å². The Bertz CT molecular complexity index is 1790. The molecule has 0 heterocycles. The minimum atomic E-state index is -0.355. The molecular formula is C39H28F4. The topological polar surface area (TPSA) is 0 Å². The predicted molar refractivity (Wildman–Crippen MR) is 167 cm³/mol. The molecular weight excluding hydrogens is 544 g/mol. The van der Waals surface area contributed by atoms with Crippen molar-refractivity contribution in [1.82, 2.24) is 0 Å². The molecule has 4 heteroatoms. The van der Waals surface area contributed by atoms with Crippen molar-refractivity contribution in [2.24, 2.45) is 0 Å². The SMILES string of the molecule is Cc1cc(-c2ccc(-c3ccc(F)cc3)c(F)c2)ccc1Cc1ccc(-c2ccc(-c3ccc(F)cc3)c(F)c2)cc1C. The number of hydrogen-bond donors (Lipinski definition) is 0. The lowest BCUT2D eigenvalue weighted by Crippen LogP contribution is -1.96. The Hall–Kier alpha value is -4.96. The van der Waals surface area contributed by atoms with E-state index in [1.165, 1.54) is 36.4 Å².